The van der Waals surface area contributed by atoms with Gasteiger partial charge in [0, 0.05) is 11.5 Å². The van der Waals surface area contributed by atoms with Gasteiger partial charge in [0.1, 0.15) is 0 Å². The molecule has 0 N–H and O–H groups in total. The van der Waals surface area contributed by atoms with Crippen molar-refractivity contribution in [1.82, 2.24) is 0 Å². The van der Waals surface area contributed by atoms with Gasteiger partial charge in [0.15, 0.2) is 5.78 Å². The first-order valence-electron chi connectivity index (χ1n) is 4.34. The van der Waals surface area contributed by atoms with Crippen molar-refractivity contribution in [2.45, 2.75) is 13.8 Å². The van der Waals surface area contributed by atoms with E-state index >= 15 is 0 Å². The minimum Gasteiger partial charge on any atom is -0.550 e. The van der Waals surface area contributed by atoms with Gasteiger partial charge in [-0.2, -0.15) is 0 Å². The molecule has 0 aliphatic rings. The molecule has 0 bridgehead atoms. The molecule has 0 fully saturated rings. The zero-order valence-electron chi connectivity index (χ0n) is 8.85. The summed E-state index contributed by atoms with van der Waals surface area (Å²) < 4.78 is 0. The molecule has 5 heteroatoms. The molecule has 16 heavy (non-hydrogen) atoms. The Kier molecular flexibility index (Phi) is 5.48. The summed E-state index contributed by atoms with van der Waals surface area (Å²) in [6.07, 6.45) is 0. The van der Waals surface area contributed by atoms with E-state index in [4.69, 9.17) is 9.90 Å². The van der Waals surface area contributed by atoms with Gasteiger partial charge in [-0.3, -0.25) is 4.79 Å². The van der Waals surface area contributed by atoms with E-state index in [1.54, 1.807) is 0 Å². The van der Waals surface area contributed by atoms with Gasteiger partial charge in [0.25, 0.3) is 0 Å². The van der Waals surface area contributed by atoms with Crippen LogP contribution in [0.4, 0.5) is 0 Å². The van der Waals surface area contributed by atoms with E-state index in [0.717, 1.165) is 6.92 Å². The van der Waals surface area contributed by atoms with Gasteiger partial charge in [-0.15, -0.1) is 0 Å². The predicted molar refractivity (Wildman–Crippen MR) is 51.5 cm³/mol. The zero-order chi connectivity index (χ0) is 12.7. The van der Waals surface area contributed by atoms with Crippen LogP contribution in [0.25, 0.3) is 0 Å². The Balaban J connectivity index is 0.000000487. The number of hydrogen-bond acceptors (Lipinski definition) is 5. The molecule has 0 aliphatic carbocycles. The number of rotatable bonds is 2. The summed E-state index contributed by atoms with van der Waals surface area (Å²) in [6.45, 7) is 2.40. The van der Waals surface area contributed by atoms with Crippen molar-refractivity contribution < 1.29 is 24.6 Å². The fraction of sp³-hybridized carbons (Fsp3) is 0.182. The molecular weight excluding hydrogens is 212 g/mol. The Bertz CT molecular complexity index is 354. The maximum atomic E-state index is 10.8. The maximum Gasteiger partial charge on any atom is 0.159 e. The molecular formula is C11H10O5-2. The number of benzene rings is 1. The number of aliphatic carboxylic acids is 1. The normalized spacial score (nSPS) is 8.62. The highest BCUT2D eigenvalue weighted by Gasteiger charge is 1.98. The largest absolute Gasteiger partial charge is 0.550 e. The lowest BCUT2D eigenvalue weighted by Gasteiger charge is -2.01. The molecule has 0 saturated carbocycles. The molecule has 0 spiro atoms. The van der Waals surface area contributed by atoms with Crippen LogP contribution in [-0.2, 0) is 4.79 Å². The third-order valence-electron chi connectivity index (χ3n) is 1.53. The molecule has 0 aliphatic heterocycles. The molecule has 86 valence electrons. The molecule has 0 radical (unpaired) electrons. The molecule has 1 aromatic rings. The minimum atomic E-state index is -1.23. The fourth-order valence-corrected chi connectivity index (χ4v) is 0.841. The number of carboxylic acids is 2. The fourth-order valence-electron chi connectivity index (χ4n) is 0.841. The van der Waals surface area contributed by atoms with E-state index in [-0.39, 0.29) is 11.3 Å². The lowest BCUT2D eigenvalue weighted by Crippen LogP contribution is -2.22. The van der Waals surface area contributed by atoms with Crippen molar-refractivity contribution in [2.24, 2.45) is 0 Å². The first kappa shape index (κ1) is 13.8. The Morgan fingerprint density at radius 3 is 1.44 bits per heavy atom. The molecule has 0 aromatic heterocycles. The van der Waals surface area contributed by atoms with Crippen LogP contribution < -0.4 is 10.2 Å². The summed E-state index contributed by atoms with van der Waals surface area (Å²) in [6, 6.07) is 5.64. The summed E-state index contributed by atoms with van der Waals surface area (Å²) in [5.74, 6) is -2.40. The van der Waals surface area contributed by atoms with Crippen LogP contribution in [0.15, 0.2) is 24.3 Å². The average molecular weight is 222 g/mol. The minimum absolute atomic E-state index is 0.0833. The highest BCUT2D eigenvalue weighted by molar-refractivity contribution is 5.95. The quantitative estimate of drug-likeness (QED) is 0.598. The molecule has 1 rings (SSSR count). The third kappa shape index (κ3) is 5.54. The van der Waals surface area contributed by atoms with Crippen LogP contribution >= 0.6 is 0 Å². The summed E-state index contributed by atoms with van der Waals surface area (Å²) in [4.78, 5) is 29.9. The second-order valence-corrected chi connectivity index (χ2v) is 2.91. The second kappa shape index (κ2) is 6.34. The molecule has 0 unspecified atom stereocenters. The van der Waals surface area contributed by atoms with Gasteiger partial charge in [-0.1, -0.05) is 24.3 Å². The summed E-state index contributed by atoms with van der Waals surface area (Å²) >= 11 is 0. The van der Waals surface area contributed by atoms with E-state index in [0.29, 0.717) is 5.56 Å². The van der Waals surface area contributed by atoms with Crippen LogP contribution in [0.3, 0.4) is 0 Å². The summed E-state index contributed by atoms with van der Waals surface area (Å²) in [5, 5.41) is 19.2. The van der Waals surface area contributed by atoms with Crippen molar-refractivity contribution in [3.8, 4) is 0 Å². The van der Waals surface area contributed by atoms with Crippen molar-refractivity contribution >= 4 is 17.7 Å². The van der Waals surface area contributed by atoms with Crippen LogP contribution in [0, 0.1) is 0 Å². The molecule has 0 amide bonds. The SMILES string of the molecule is CC(=O)[O-].CC(=O)c1ccc(C(=O)[O-])cc1. The zero-order valence-corrected chi connectivity index (χ0v) is 8.85. The summed E-state index contributed by atoms with van der Waals surface area (Å²) in [7, 11) is 0. The van der Waals surface area contributed by atoms with Gasteiger partial charge in [-0.05, 0) is 19.4 Å². The van der Waals surface area contributed by atoms with Crippen LogP contribution in [0.1, 0.15) is 34.6 Å². The second-order valence-electron chi connectivity index (χ2n) is 2.91. The Morgan fingerprint density at radius 2 is 1.19 bits per heavy atom. The molecule has 5 nitrogen and oxygen atoms in total. The standard InChI is InChI=1S/C9H8O3.C2H4O2/c1-6(10)7-2-4-8(5-3-7)9(11)12;1-2(3)4/h2-5H,1H3,(H,11,12);1H3,(H,3,4)/p-2. The monoisotopic (exact) mass is 222 g/mol. The number of carbonyl (C=O) groups is 3. The number of carbonyl (C=O) groups excluding carboxylic acids is 3. The lowest BCUT2D eigenvalue weighted by molar-refractivity contribution is -0.302. The first-order chi connectivity index (χ1) is 7.34. The van der Waals surface area contributed by atoms with Gasteiger partial charge < -0.3 is 19.8 Å². The maximum absolute atomic E-state index is 10.8. The first-order valence-corrected chi connectivity index (χ1v) is 4.34. The summed E-state index contributed by atoms with van der Waals surface area (Å²) in [5.41, 5.74) is 0.583. The van der Waals surface area contributed by atoms with E-state index in [2.05, 4.69) is 0 Å². The molecule has 1 aromatic carbocycles. The Labute approximate surface area is 92.3 Å². The smallest absolute Gasteiger partial charge is 0.159 e. The number of ketones is 1. The van der Waals surface area contributed by atoms with E-state index in [1.807, 2.05) is 0 Å². The third-order valence-corrected chi connectivity index (χ3v) is 1.53. The van der Waals surface area contributed by atoms with E-state index < -0.39 is 11.9 Å². The lowest BCUT2D eigenvalue weighted by atomic mass is 10.1. The van der Waals surface area contributed by atoms with E-state index in [9.17, 15) is 14.7 Å². The van der Waals surface area contributed by atoms with E-state index in [1.165, 1.54) is 31.2 Å². The highest BCUT2D eigenvalue weighted by atomic mass is 16.4. The Hall–Kier alpha value is -2.17. The van der Waals surface area contributed by atoms with Gasteiger partial charge in [0.2, 0.25) is 0 Å². The number of hydrogen-bond donors (Lipinski definition) is 0. The Morgan fingerprint density at radius 1 is 0.875 bits per heavy atom. The highest BCUT2D eigenvalue weighted by Crippen LogP contribution is 2.03. The van der Waals surface area contributed by atoms with Crippen LogP contribution in [-0.4, -0.2) is 17.7 Å². The molecule has 0 heterocycles. The topological polar surface area (TPSA) is 97.3 Å². The predicted octanol–water partition coefficient (Wildman–Crippen LogP) is -0.991. The average Bonchev–Trinajstić information content (AvgIpc) is 2.17. The van der Waals surface area contributed by atoms with Crippen molar-refractivity contribution in [2.75, 3.05) is 0 Å². The molecule has 0 atom stereocenters. The molecule has 0 saturated heterocycles. The van der Waals surface area contributed by atoms with Crippen molar-refractivity contribution in [3.63, 3.8) is 0 Å². The number of aromatic carboxylic acids is 1. The van der Waals surface area contributed by atoms with Crippen molar-refractivity contribution in [1.29, 1.82) is 0 Å². The number of carboxylic acid groups (broad SMARTS) is 2. The van der Waals surface area contributed by atoms with Gasteiger partial charge >= 0.3 is 0 Å². The van der Waals surface area contributed by atoms with Gasteiger partial charge in [0.05, 0.1) is 5.97 Å². The number of Topliss-reactive ketones (excluding diaryl/α,β-unsaturated/α-hetero) is 1. The van der Waals surface area contributed by atoms with Crippen molar-refractivity contribution in [3.05, 3.63) is 35.4 Å². The van der Waals surface area contributed by atoms with Crippen LogP contribution in [0.2, 0.25) is 0 Å². The van der Waals surface area contributed by atoms with Crippen LogP contribution in [0.5, 0.6) is 0 Å². The van der Waals surface area contributed by atoms with Gasteiger partial charge in [-0.25, -0.2) is 0 Å².